The number of nitrogens with zero attached hydrogens (tertiary/aromatic N) is 4. The molecule has 39 heavy (non-hydrogen) atoms. The molecule has 0 bridgehead atoms. The number of hydrogen-bond acceptors (Lipinski definition) is 4. The van der Waals surface area contributed by atoms with Crippen LogP contribution < -0.4 is 4.90 Å². The highest BCUT2D eigenvalue weighted by atomic mass is 19.2. The molecule has 1 atom stereocenters. The Morgan fingerprint density at radius 2 is 1.82 bits per heavy atom. The molecular formula is C30H34F2N4O3. The van der Waals surface area contributed by atoms with E-state index in [0.29, 0.717) is 24.9 Å². The SMILES string of the molecule is COC1CCC(n2c([C@@H]3CCCC(=O)N3c3ccc(F)c(F)c3)nc3cc(/C=C/C(=O)N(C)C)ccc32)CC1. The Morgan fingerprint density at radius 1 is 1.05 bits per heavy atom. The summed E-state index contributed by atoms with van der Waals surface area (Å²) in [4.78, 5) is 33.5. The zero-order chi connectivity index (χ0) is 27.7. The number of halogens is 2. The number of amides is 2. The molecule has 2 heterocycles. The number of carbonyl (C=O) groups is 2. The third-order valence-electron chi connectivity index (χ3n) is 7.87. The van der Waals surface area contributed by atoms with Crippen LogP contribution >= 0.6 is 0 Å². The van der Waals surface area contributed by atoms with Crippen molar-refractivity contribution >= 4 is 34.6 Å². The first-order chi connectivity index (χ1) is 18.8. The molecule has 0 radical (unpaired) electrons. The fraction of sp³-hybridized carbons (Fsp3) is 0.433. The summed E-state index contributed by atoms with van der Waals surface area (Å²) >= 11 is 0. The number of fused-ring (bicyclic) bond motifs is 1. The van der Waals surface area contributed by atoms with Crippen molar-refractivity contribution in [2.75, 3.05) is 26.1 Å². The fourth-order valence-corrected chi connectivity index (χ4v) is 5.79. The van der Waals surface area contributed by atoms with Crippen LogP contribution in [-0.4, -0.2) is 53.6 Å². The summed E-state index contributed by atoms with van der Waals surface area (Å²) in [6.07, 6.45) is 8.84. The van der Waals surface area contributed by atoms with Crippen molar-refractivity contribution < 1.29 is 23.1 Å². The van der Waals surface area contributed by atoms with Crippen molar-refractivity contribution in [2.24, 2.45) is 0 Å². The molecule has 2 amide bonds. The molecule has 0 unspecified atom stereocenters. The van der Waals surface area contributed by atoms with Crippen molar-refractivity contribution in [3.05, 3.63) is 65.5 Å². The van der Waals surface area contributed by atoms with Gasteiger partial charge in [0.25, 0.3) is 0 Å². The number of methoxy groups -OCH3 is 1. The Labute approximate surface area is 227 Å². The number of carbonyl (C=O) groups excluding carboxylic acids is 2. The van der Waals surface area contributed by atoms with Crippen molar-refractivity contribution in [1.82, 2.24) is 14.5 Å². The Hall–Kier alpha value is -3.59. The average Bonchev–Trinajstić information content (AvgIpc) is 3.31. The topological polar surface area (TPSA) is 67.7 Å². The van der Waals surface area contributed by atoms with Crippen LogP contribution in [0.25, 0.3) is 17.1 Å². The smallest absolute Gasteiger partial charge is 0.246 e. The molecule has 0 N–H and O–H groups in total. The summed E-state index contributed by atoms with van der Waals surface area (Å²) in [5.74, 6) is -1.44. The second-order valence-corrected chi connectivity index (χ2v) is 10.6. The van der Waals surface area contributed by atoms with Gasteiger partial charge >= 0.3 is 0 Å². The van der Waals surface area contributed by atoms with Crippen molar-refractivity contribution in [3.63, 3.8) is 0 Å². The number of imidazole rings is 1. The van der Waals surface area contributed by atoms with E-state index in [1.807, 2.05) is 18.2 Å². The molecule has 1 saturated heterocycles. The fourth-order valence-electron chi connectivity index (χ4n) is 5.79. The molecule has 1 aliphatic heterocycles. The van der Waals surface area contributed by atoms with Crippen LogP contribution in [0, 0.1) is 11.6 Å². The molecule has 9 heteroatoms. The minimum atomic E-state index is -0.986. The van der Waals surface area contributed by atoms with Gasteiger partial charge in [-0.25, -0.2) is 13.8 Å². The molecule has 2 aliphatic rings. The number of ether oxygens (including phenoxy) is 1. The van der Waals surface area contributed by atoms with Gasteiger partial charge in [0, 0.05) is 51.5 Å². The van der Waals surface area contributed by atoms with Crippen molar-refractivity contribution in [3.8, 4) is 0 Å². The number of hydrogen-bond donors (Lipinski definition) is 0. The maximum atomic E-state index is 14.2. The standard InChI is InChI=1S/C30H34F2N4O3/c1-34(2)28(37)16-8-19-7-15-26-25(17-19)33-30(36(26)20-9-12-22(39-3)13-10-20)27-5-4-6-29(38)35(27)21-11-14-23(31)24(32)18-21/h7-8,11,14-18,20,22,27H,4-6,9-10,12-13H2,1-3H3/b16-8+/t20?,22?,27-/m0/s1. The largest absolute Gasteiger partial charge is 0.381 e. The van der Waals surface area contributed by atoms with Crippen LogP contribution in [0.4, 0.5) is 14.5 Å². The number of benzene rings is 2. The van der Waals surface area contributed by atoms with Gasteiger partial charge in [-0.05, 0) is 74.4 Å². The van der Waals surface area contributed by atoms with Crippen LogP contribution in [0.1, 0.15) is 68.4 Å². The van der Waals surface area contributed by atoms with Crippen LogP contribution in [0.15, 0.2) is 42.5 Å². The van der Waals surface area contributed by atoms with E-state index in [2.05, 4.69) is 4.57 Å². The summed E-state index contributed by atoms with van der Waals surface area (Å²) in [6, 6.07) is 9.27. The van der Waals surface area contributed by atoms with Gasteiger partial charge in [0.2, 0.25) is 11.8 Å². The first-order valence-electron chi connectivity index (χ1n) is 13.5. The summed E-state index contributed by atoms with van der Waals surface area (Å²) < 4.78 is 35.8. The van der Waals surface area contributed by atoms with E-state index < -0.39 is 17.7 Å². The van der Waals surface area contributed by atoms with Crippen LogP contribution in [0.3, 0.4) is 0 Å². The zero-order valence-corrected chi connectivity index (χ0v) is 22.6. The van der Waals surface area contributed by atoms with Gasteiger partial charge in [-0.3, -0.25) is 9.59 Å². The summed E-state index contributed by atoms with van der Waals surface area (Å²) in [5, 5.41) is 0. The van der Waals surface area contributed by atoms with Crippen molar-refractivity contribution in [2.45, 2.75) is 63.1 Å². The van der Waals surface area contributed by atoms with E-state index in [-0.39, 0.29) is 24.0 Å². The normalized spacial score (nSPS) is 22.1. The molecule has 2 aromatic carbocycles. The Kier molecular flexibility index (Phi) is 7.79. The van der Waals surface area contributed by atoms with E-state index >= 15 is 0 Å². The van der Waals surface area contributed by atoms with Crippen molar-refractivity contribution in [1.29, 1.82) is 0 Å². The van der Waals surface area contributed by atoms with Crippen LogP contribution in [-0.2, 0) is 14.3 Å². The Bertz CT molecular complexity index is 1410. The van der Waals surface area contributed by atoms with Crippen LogP contribution in [0.2, 0.25) is 0 Å². The van der Waals surface area contributed by atoms with Gasteiger partial charge in [0.15, 0.2) is 11.6 Å². The lowest BCUT2D eigenvalue weighted by Crippen LogP contribution is -2.40. The van der Waals surface area contributed by atoms with Gasteiger partial charge in [0.1, 0.15) is 5.82 Å². The van der Waals surface area contributed by atoms with Gasteiger partial charge in [0.05, 0.1) is 23.2 Å². The maximum absolute atomic E-state index is 14.2. The number of piperidine rings is 1. The third-order valence-corrected chi connectivity index (χ3v) is 7.87. The van der Waals surface area contributed by atoms with Crippen LogP contribution in [0.5, 0.6) is 0 Å². The molecule has 7 nitrogen and oxygen atoms in total. The van der Waals surface area contributed by atoms with Gasteiger partial charge in [-0.1, -0.05) is 6.07 Å². The highest BCUT2D eigenvalue weighted by molar-refractivity contribution is 5.95. The molecule has 2 fully saturated rings. The second-order valence-electron chi connectivity index (χ2n) is 10.6. The lowest BCUT2D eigenvalue weighted by atomic mass is 9.91. The Balaban J connectivity index is 1.61. The number of aromatic nitrogens is 2. The predicted molar refractivity (Wildman–Crippen MR) is 146 cm³/mol. The number of likely N-dealkylation sites (N-methyl/N-ethyl adjacent to an activating group) is 1. The average molecular weight is 537 g/mol. The first kappa shape index (κ1) is 27.0. The Morgan fingerprint density at radius 3 is 2.51 bits per heavy atom. The first-order valence-corrected chi connectivity index (χ1v) is 13.5. The summed E-state index contributed by atoms with van der Waals surface area (Å²) in [6.45, 7) is 0. The number of anilines is 1. The minimum absolute atomic E-state index is 0.112. The molecule has 3 aromatic rings. The van der Waals surface area contributed by atoms with E-state index in [0.717, 1.165) is 60.2 Å². The quantitative estimate of drug-likeness (QED) is 0.373. The molecular weight excluding hydrogens is 502 g/mol. The molecule has 1 saturated carbocycles. The zero-order valence-electron chi connectivity index (χ0n) is 22.6. The van der Waals surface area contributed by atoms with Gasteiger partial charge < -0.3 is 19.1 Å². The van der Waals surface area contributed by atoms with E-state index in [4.69, 9.17) is 9.72 Å². The lowest BCUT2D eigenvalue weighted by Gasteiger charge is -2.37. The lowest BCUT2D eigenvalue weighted by molar-refractivity contribution is -0.123. The molecule has 206 valence electrons. The molecule has 1 aliphatic carbocycles. The predicted octanol–water partition coefficient (Wildman–Crippen LogP) is 5.80. The summed E-state index contributed by atoms with van der Waals surface area (Å²) in [7, 11) is 5.14. The van der Waals surface area contributed by atoms with Gasteiger partial charge in [-0.2, -0.15) is 0 Å². The van der Waals surface area contributed by atoms with E-state index in [1.165, 1.54) is 17.0 Å². The van der Waals surface area contributed by atoms with E-state index in [1.54, 1.807) is 32.2 Å². The number of rotatable bonds is 6. The molecule has 0 spiro atoms. The highest BCUT2D eigenvalue weighted by Crippen LogP contribution is 2.41. The second kappa shape index (κ2) is 11.3. The monoisotopic (exact) mass is 536 g/mol. The minimum Gasteiger partial charge on any atom is -0.381 e. The molecule has 1 aromatic heterocycles. The highest BCUT2D eigenvalue weighted by Gasteiger charge is 2.36. The summed E-state index contributed by atoms with van der Waals surface area (Å²) in [5.41, 5.74) is 2.89. The van der Waals surface area contributed by atoms with Gasteiger partial charge in [-0.15, -0.1) is 0 Å². The van der Waals surface area contributed by atoms with E-state index in [9.17, 15) is 18.4 Å². The third kappa shape index (κ3) is 5.45. The maximum Gasteiger partial charge on any atom is 0.246 e. The molecule has 5 rings (SSSR count).